The first kappa shape index (κ1) is 15.5. The van der Waals surface area contributed by atoms with Crippen molar-refractivity contribution in [3.63, 3.8) is 0 Å². The molecule has 1 aromatic heterocycles. The molecule has 1 atom stereocenters. The molecule has 0 radical (unpaired) electrons. The highest BCUT2D eigenvalue weighted by atomic mass is 19.1. The van der Waals surface area contributed by atoms with Crippen LogP contribution in [0.5, 0.6) is 0 Å². The topological polar surface area (TPSA) is 72.9 Å². The van der Waals surface area contributed by atoms with Crippen LogP contribution in [-0.2, 0) is 0 Å². The van der Waals surface area contributed by atoms with Gasteiger partial charge in [-0.1, -0.05) is 12.1 Å². The van der Waals surface area contributed by atoms with Crippen molar-refractivity contribution in [2.45, 2.75) is 18.7 Å². The van der Waals surface area contributed by atoms with E-state index in [2.05, 4.69) is 10.4 Å². The quantitative estimate of drug-likeness (QED) is 0.757. The summed E-state index contributed by atoms with van der Waals surface area (Å²) in [6.45, 7) is 1.51. The summed E-state index contributed by atoms with van der Waals surface area (Å²) in [6.07, 6.45) is 3.11. The van der Waals surface area contributed by atoms with Crippen molar-refractivity contribution < 1.29 is 14.9 Å². The Morgan fingerprint density at radius 3 is 2.73 bits per heavy atom. The van der Waals surface area contributed by atoms with Gasteiger partial charge < -0.3 is 11.1 Å². The van der Waals surface area contributed by atoms with Gasteiger partial charge in [-0.2, -0.15) is 5.10 Å². The number of amides is 1. The second-order valence-corrected chi connectivity index (χ2v) is 6.35. The average molecular weight is 357 g/mol. The highest BCUT2D eigenvalue weighted by Gasteiger charge is 2.20. The fourth-order valence-corrected chi connectivity index (χ4v) is 3.32. The summed E-state index contributed by atoms with van der Waals surface area (Å²) < 4.78 is 38.0. The molecule has 26 heavy (non-hydrogen) atoms. The molecule has 1 fully saturated rings. The fraction of sp³-hybridized carbons (Fsp3) is 0.263. The van der Waals surface area contributed by atoms with Gasteiger partial charge in [0.15, 0.2) is 0 Å². The van der Waals surface area contributed by atoms with Crippen LogP contribution in [0.15, 0.2) is 36.5 Å². The Balaban J connectivity index is 1.75. The summed E-state index contributed by atoms with van der Waals surface area (Å²) in [7, 11) is 0. The van der Waals surface area contributed by atoms with Crippen LogP contribution in [0.25, 0.3) is 16.6 Å². The zero-order valence-corrected chi connectivity index (χ0v) is 13.9. The van der Waals surface area contributed by atoms with E-state index in [1.807, 2.05) is 12.1 Å². The fourth-order valence-electron chi connectivity index (χ4n) is 3.32. The van der Waals surface area contributed by atoms with E-state index in [0.717, 1.165) is 24.9 Å². The molecule has 0 bridgehead atoms. The van der Waals surface area contributed by atoms with Crippen LogP contribution >= 0.6 is 0 Å². The first-order valence-corrected chi connectivity index (χ1v) is 8.38. The highest BCUT2D eigenvalue weighted by Crippen LogP contribution is 2.27. The molecule has 1 aliphatic heterocycles. The van der Waals surface area contributed by atoms with Crippen molar-refractivity contribution in [1.82, 2.24) is 15.1 Å². The standard InChI is InChI=1S/C19H18F2N4O/c20-15-8-16(21)17(19(22)26)18-14(15)10-25(24-18)13-5-3-11(4-6-13)12-2-1-7-23-9-12/h3-6,8,10,12,23H,1-2,7,9H2,(H2,22,26)/t12-/m1/s1/i12D. The smallest absolute Gasteiger partial charge is 0.253 e. The largest absolute Gasteiger partial charge is 0.365 e. The number of piperidine rings is 1. The van der Waals surface area contributed by atoms with Gasteiger partial charge in [-0.3, -0.25) is 4.79 Å². The molecule has 7 heteroatoms. The predicted molar refractivity (Wildman–Crippen MR) is 94.3 cm³/mol. The predicted octanol–water partition coefficient (Wildman–Crippen LogP) is 2.87. The van der Waals surface area contributed by atoms with Crippen LogP contribution in [0.3, 0.4) is 0 Å². The maximum absolute atomic E-state index is 14.1. The molecule has 3 aromatic rings. The van der Waals surface area contributed by atoms with Gasteiger partial charge in [-0.15, -0.1) is 0 Å². The van der Waals surface area contributed by atoms with Crippen molar-refractivity contribution in [3.05, 3.63) is 59.3 Å². The number of carbonyl (C=O) groups is 1. The summed E-state index contributed by atoms with van der Waals surface area (Å²) in [5, 5.41) is 7.42. The molecule has 0 aliphatic carbocycles. The van der Waals surface area contributed by atoms with Crippen LogP contribution in [0.1, 0.15) is 36.0 Å². The lowest BCUT2D eigenvalue weighted by Gasteiger charge is -2.23. The van der Waals surface area contributed by atoms with E-state index in [9.17, 15) is 13.6 Å². The van der Waals surface area contributed by atoms with Crippen LogP contribution < -0.4 is 11.1 Å². The molecule has 4 rings (SSSR count). The molecule has 2 heterocycles. The number of rotatable bonds is 3. The van der Waals surface area contributed by atoms with E-state index in [4.69, 9.17) is 7.10 Å². The minimum absolute atomic E-state index is 0.0164. The third kappa shape index (κ3) is 2.84. The van der Waals surface area contributed by atoms with E-state index >= 15 is 0 Å². The van der Waals surface area contributed by atoms with E-state index in [0.29, 0.717) is 18.3 Å². The SMILES string of the molecule is [2H][C@@]1(c2ccc(-n3cc4c(F)cc(F)c(C(N)=O)c4n3)cc2)CCCNC1. The first-order chi connectivity index (χ1) is 12.9. The second kappa shape index (κ2) is 6.49. The Hall–Kier alpha value is -2.80. The van der Waals surface area contributed by atoms with Gasteiger partial charge in [0.1, 0.15) is 22.7 Å². The van der Waals surface area contributed by atoms with Gasteiger partial charge in [0.2, 0.25) is 0 Å². The van der Waals surface area contributed by atoms with Crippen molar-refractivity contribution in [2.75, 3.05) is 13.1 Å². The highest BCUT2D eigenvalue weighted by molar-refractivity contribution is 6.05. The Morgan fingerprint density at radius 2 is 2.08 bits per heavy atom. The average Bonchev–Trinajstić information content (AvgIpc) is 3.07. The molecule has 134 valence electrons. The Bertz CT molecular complexity index is 1030. The number of benzene rings is 2. The molecule has 3 N–H and O–H groups in total. The number of aromatic nitrogens is 2. The lowest BCUT2D eigenvalue weighted by molar-refractivity contribution is 0.0998. The van der Waals surface area contributed by atoms with Gasteiger partial charge in [-0.25, -0.2) is 13.5 Å². The lowest BCUT2D eigenvalue weighted by Crippen LogP contribution is -2.28. The van der Waals surface area contributed by atoms with Gasteiger partial charge in [0.05, 0.1) is 11.1 Å². The number of hydrogen-bond donors (Lipinski definition) is 2. The van der Waals surface area contributed by atoms with E-state index in [1.54, 1.807) is 12.1 Å². The van der Waals surface area contributed by atoms with Crippen molar-refractivity contribution in [1.29, 1.82) is 0 Å². The molecule has 0 spiro atoms. The molecule has 1 aliphatic rings. The van der Waals surface area contributed by atoms with Gasteiger partial charge >= 0.3 is 0 Å². The monoisotopic (exact) mass is 357 g/mol. The number of nitrogens with one attached hydrogen (secondary N) is 1. The van der Waals surface area contributed by atoms with Crippen LogP contribution in [0, 0.1) is 11.6 Å². The number of fused-ring (bicyclic) bond motifs is 1. The zero-order chi connectivity index (χ0) is 19.2. The Labute approximate surface area is 150 Å². The molecule has 1 saturated heterocycles. The van der Waals surface area contributed by atoms with Crippen molar-refractivity contribution in [3.8, 4) is 5.69 Å². The third-order valence-corrected chi connectivity index (χ3v) is 4.66. The number of primary amides is 1. The minimum atomic E-state index is -1.03. The number of halogens is 2. The van der Waals surface area contributed by atoms with E-state index in [-0.39, 0.29) is 10.9 Å². The van der Waals surface area contributed by atoms with Crippen LogP contribution in [0.2, 0.25) is 0 Å². The van der Waals surface area contributed by atoms with E-state index in [1.165, 1.54) is 10.9 Å². The molecular formula is C19H18F2N4O. The number of hydrogen-bond acceptors (Lipinski definition) is 3. The minimum Gasteiger partial charge on any atom is -0.365 e. The third-order valence-electron chi connectivity index (χ3n) is 4.66. The molecular weight excluding hydrogens is 338 g/mol. The van der Waals surface area contributed by atoms with Crippen molar-refractivity contribution in [2.24, 2.45) is 5.73 Å². The molecule has 0 saturated carbocycles. The number of carbonyl (C=O) groups excluding carboxylic acids is 1. The maximum atomic E-state index is 14.1. The second-order valence-electron chi connectivity index (χ2n) is 6.35. The normalized spacial score (nSPS) is 20.9. The first-order valence-electron chi connectivity index (χ1n) is 8.88. The van der Waals surface area contributed by atoms with Gasteiger partial charge in [0.25, 0.3) is 5.91 Å². The van der Waals surface area contributed by atoms with Gasteiger partial charge in [0, 0.05) is 20.2 Å². The summed E-state index contributed by atoms with van der Waals surface area (Å²) in [5.41, 5.74) is 6.16. The lowest BCUT2D eigenvalue weighted by atomic mass is 9.92. The summed E-state index contributed by atoms with van der Waals surface area (Å²) in [4.78, 5) is 11.5. The molecule has 2 aromatic carbocycles. The summed E-state index contributed by atoms with van der Waals surface area (Å²) in [6, 6.07) is 7.85. The number of nitrogens with zero attached hydrogens (tertiary/aromatic N) is 2. The van der Waals surface area contributed by atoms with E-state index < -0.39 is 29.0 Å². The molecule has 0 unspecified atom stereocenters. The Morgan fingerprint density at radius 1 is 1.31 bits per heavy atom. The maximum Gasteiger partial charge on any atom is 0.253 e. The van der Waals surface area contributed by atoms with Gasteiger partial charge in [-0.05, 0) is 43.0 Å². The molecule has 5 nitrogen and oxygen atoms in total. The van der Waals surface area contributed by atoms with Crippen LogP contribution in [0.4, 0.5) is 8.78 Å². The molecule has 1 amide bonds. The zero-order valence-electron chi connectivity index (χ0n) is 14.9. The Kier molecular flexibility index (Phi) is 3.86. The summed E-state index contributed by atoms with van der Waals surface area (Å²) >= 11 is 0. The van der Waals surface area contributed by atoms with Crippen molar-refractivity contribution >= 4 is 16.8 Å². The van der Waals surface area contributed by atoms with Crippen LogP contribution in [-0.4, -0.2) is 28.8 Å². The number of nitrogens with two attached hydrogens (primary N) is 1. The summed E-state index contributed by atoms with van der Waals surface area (Å²) in [5.74, 6) is -3.53.